The van der Waals surface area contributed by atoms with Gasteiger partial charge < -0.3 is 5.32 Å². The first-order valence-electron chi connectivity index (χ1n) is 7.61. The van der Waals surface area contributed by atoms with Crippen molar-refractivity contribution in [2.75, 3.05) is 11.1 Å². The van der Waals surface area contributed by atoms with Gasteiger partial charge >= 0.3 is 0 Å². The van der Waals surface area contributed by atoms with Crippen LogP contribution in [0.5, 0.6) is 0 Å². The molecule has 1 fully saturated rings. The maximum atomic E-state index is 12.1. The molecule has 1 saturated carbocycles. The number of amides is 1. The predicted octanol–water partition coefficient (Wildman–Crippen LogP) is 3.37. The molecular weight excluding hydrogens is 296 g/mol. The van der Waals surface area contributed by atoms with Crippen LogP contribution in [-0.4, -0.2) is 26.4 Å². The van der Waals surface area contributed by atoms with Gasteiger partial charge in [0.2, 0.25) is 5.91 Å². The van der Waals surface area contributed by atoms with Crippen molar-refractivity contribution in [1.82, 2.24) is 14.8 Å². The topological polar surface area (TPSA) is 59.8 Å². The van der Waals surface area contributed by atoms with E-state index < -0.39 is 0 Å². The molecule has 3 rings (SSSR count). The van der Waals surface area contributed by atoms with E-state index in [0.717, 1.165) is 16.6 Å². The second kappa shape index (κ2) is 6.96. The summed E-state index contributed by atoms with van der Waals surface area (Å²) in [6.07, 6.45) is 6.49. The Bertz CT molecular complexity index is 624. The number of pyridine rings is 1. The van der Waals surface area contributed by atoms with Gasteiger partial charge in [-0.05, 0) is 37.8 Å². The first-order chi connectivity index (χ1) is 10.7. The van der Waals surface area contributed by atoms with Crippen LogP contribution in [0.4, 0.5) is 5.82 Å². The molecule has 1 aliphatic carbocycles. The van der Waals surface area contributed by atoms with Crippen molar-refractivity contribution in [1.29, 1.82) is 0 Å². The number of carbonyl (C=O) groups is 1. The number of rotatable bonds is 7. The number of nitrogens with one attached hydrogen (secondary N) is 1. The van der Waals surface area contributed by atoms with E-state index in [1.807, 2.05) is 28.9 Å². The maximum absolute atomic E-state index is 12.1. The molecule has 1 aliphatic rings. The summed E-state index contributed by atoms with van der Waals surface area (Å²) in [7, 11) is 0. The van der Waals surface area contributed by atoms with Crippen molar-refractivity contribution in [2.45, 2.75) is 37.3 Å². The zero-order chi connectivity index (χ0) is 15.4. The molecule has 1 amide bonds. The number of carbonyl (C=O) groups excluding carboxylic acids is 1. The highest BCUT2D eigenvalue weighted by Gasteiger charge is 2.30. The molecule has 1 N–H and O–H groups in total. The lowest BCUT2D eigenvalue weighted by atomic mass is 10.2. The van der Waals surface area contributed by atoms with Crippen LogP contribution in [-0.2, 0) is 4.79 Å². The van der Waals surface area contributed by atoms with Crippen molar-refractivity contribution in [3.63, 3.8) is 0 Å². The van der Waals surface area contributed by atoms with E-state index in [9.17, 15) is 4.79 Å². The van der Waals surface area contributed by atoms with Gasteiger partial charge in [-0.2, -0.15) is 5.10 Å². The molecule has 5 nitrogen and oxygen atoms in total. The van der Waals surface area contributed by atoms with Gasteiger partial charge in [0.1, 0.15) is 5.82 Å². The van der Waals surface area contributed by atoms with Crippen molar-refractivity contribution < 1.29 is 4.79 Å². The summed E-state index contributed by atoms with van der Waals surface area (Å²) in [5, 5.41) is 8.26. The molecule has 2 heterocycles. The lowest BCUT2D eigenvalue weighted by molar-refractivity contribution is -0.115. The van der Waals surface area contributed by atoms with Gasteiger partial charge in [0.15, 0.2) is 0 Å². The first kappa shape index (κ1) is 15.1. The highest BCUT2D eigenvalue weighted by molar-refractivity contribution is 7.99. The van der Waals surface area contributed by atoms with Crippen LogP contribution in [0, 0.1) is 5.92 Å². The highest BCUT2D eigenvalue weighted by atomic mass is 32.2. The number of anilines is 1. The largest absolute Gasteiger partial charge is 0.311 e. The van der Waals surface area contributed by atoms with Gasteiger partial charge in [0.25, 0.3) is 0 Å². The summed E-state index contributed by atoms with van der Waals surface area (Å²) in [5.41, 5.74) is 0. The SMILES string of the molecule is C[C@H](C1CC1)n1nccc1NC(=O)CCSc1ccccn1. The minimum absolute atomic E-state index is 0.0215. The summed E-state index contributed by atoms with van der Waals surface area (Å²) in [5.74, 6) is 2.24. The molecule has 0 radical (unpaired) electrons. The Hall–Kier alpha value is -1.82. The van der Waals surface area contributed by atoms with E-state index >= 15 is 0 Å². The Balaban J connectivity index is 1.48. The third-order valence-corrected chi connectivity index (χ3v) is 4.79. The Morgan fingerprint density at radius 3 is 3.00 bits per heavy atom. The molecule has 0 spiro atoms. The minimum atomic E-state index is 0.0215. The van der Waals surface area contributed by atoms with Gasteiger partial charge in [-0.3, -0.25) is 4.79 Å². The lowest BCUT2D eigenvalue weighted by Gasteiger charge is -2.15. The molecule has 22 heavy (non-hydrogen) atoms. The Morgan fingerprint density at radius 2 is 2.27 bits per heavy atom. The molecule has 1 atom stereocenters. The van der Waals surface area contributed by atoms with E-state index in [1.165, 1.54) is 12.8 Å². The van der Waals surface area contributed by atoms with Crippen LogP contribution < -0.4 is 5.32 Å². The number of nitrogens with zero attached hydrogens (tertiary/aromatic N) is 3. The first-order valence-corrected chi connectivity index (χ1v) is 8.60. The standard InChI is InChI=1S/C16H20N4OS/c1-12(13-5-6-13)20-14(7-10-18-20)19-15(21)8-11-22-16-4-2-3-9-17-16/h2-4,7,9-10,12-13H,5-6,8,11H2,1H3,(H,19,21)/t12-/m1/s1. The predicted molar refractivity (Wildman–Crippen MR) is 87.9 cm³/mol. The third kappa shape index (κ3) is 3.88. The Kier molecular flexibility index (Phi) is 4.77. The van der Waals surface area contributed by atoms with Crippen molar-refractivity contribution in [2.24, 2.45) is 5.92 Å². The molecule has 0 aromatic carbocycles. The van der Waals surface area contributed by atoms with E-state index in [1.54, 1.807) is 24.2 Å². The lowest BCUT2D eigenvalue weighted by Crippen LogP contribution is -2.18. The normalized spacial score (nSPS) is 15.5. The van der Waals surface area contributed by atoms with Gasteiger partial charge in [0.05, 0.1) is 17.3 Å². The molecule has 0 saturated heterocycles. The Labute approximate surface area is 134 Å². The molecule has 6 heteroatoms. The molecule has 2 aromatic rings. The summed E-state index contributed by atoms with van der Waals surface area (Å²) >= 11 is 1.59. The van der Waals surface area contributed by atoms with Crippen LogP contribution in [0.15, 0.2) is 41.7 Å². The number of hydrogen-bond acceptors (Lipinski definition) is 4. The van der Waals surface area contributed by atoms with Crippen LogP contribution in [0.2, 0.25) is 0 Å². The summed E-state index contributed by atoms with van der Waals surface area (Å²) in [6, 6.07) is 8.01. The van der Waals surface area contributed by atoms with Crippen LogP contribution in [0.25, 0.3) is 0 Å². The fraction of sp³-hybridized carbons (Fsp3) is 0.438. The van der Waals surface area contributed by atoms with E-state index in [-0.39, 0.29) is 5.91 Å². The summed E-state index contributed by atoms with van der Waals surface area (Å²) in [6.45, 7) is 2.16. The van der Waals surface area contributed by atoms with Gasteiger partial charge in [-0.1, -0.05) is 6.07 Å². The molecule has 2 aromatic heterocycles. The second-order valence-corrected chi connectivity index (χ2v) is 6.67. The monoisotopic (exact) mass is 316 g/mol. The molecular formula is C16H20N4OS. The number of thioether (sulfide) groups is 1. The summed E-state index contributed by atoms with van der Waals surface area (Å²) < 4.78 is 1.93. The zero-order valence-electron chi connectivity index (χ0n) is 12.6. The maximum Gasteiger partial charge on any atom is 0.226 e. The van der Waals surface area contributed by atoms with E-state index in [0.29, 0.717) is 18.4 Å². The Morgan fingerprint density at radius 1 is 1.41 bits per heavy atom. The molecule has 0 bridgehead atoms. The smallest absolute Gasteiger partial charge is 0.226 e. The van der Waals surface area contributed by atoms with Crippen molar-refractivity contribution in [3.05, 3.63) is 36.7 Å². The van der Waals surface area contributed by atoms with Crippen LogP contribution >= 0.6 is 11.8 Å². The molecule has 0 aliphatic heterocycles. The fourth-order valence-electron chi connectivity index (χ4n) is 2.40. The average Bonchev–Trinajstić information content (AvgIpc) is 3.28. The van der Waals surface area contributed by atoms with Crippen LogP contribution in [0.3, 0.4) is 0 Å². The fourth-order valence-corrected chi connectivity index (χ4v) is 3.21. The van der Waals surface area contributed by atoms with Gasteiger partial charge in [-0.15, -0.1) is 11.8 Å². The minimum Gasteiger partial charge on any atom is -0.311 e. The van der Waals surface area contributed by atoms with Crippen LogP contribution in [0.1, 0.15) is 32.2 Å². The third-order valence-electron chi connectivity index (χ3n) is 3.84. The van der Waals surface area contributed by atoms with Crippen molar-refractivity contribution >= 4 is 23.5 Å². The number of aromatic nitrogens is 3. The molecule has 0 unspecified atom stereocenters. The van der Waals surface area contributed by atoms with Crippen molar-refractivity contribution in [3.8, 4) is 0 Å². The van der Waals surface area contributed by atoms with E-state index in [2.05, 4.69) is 22.3 Å². The number of hydrogen-bond donors (Lipinski definition) is 1. The summed E-state index contributed by atoms with van der Waals surface area (Å²) in [4.78, 5) is 16.3. The quantitative estimate of drug-likeness (QED) is 0.796. The second-order valence-electron chi connectivity index (χ2n) is 5.55. The van der Waals surface area contributed by atoms with Gasteiger partial charge in [0, 0.05) is 24.4 Å². The zero-order valence-corrected chi connectivity index (χ0v) is 13.4. The van der Waals surface area contributed by atoms with E-state index in [4.69, 9.17) is 0 Å². The highest BCUT2D eigenvalue weighted by Crippen LogP contribution is 2.40. The van der Waals surface area contributed by atoms with Gasteiger partial charge in [-0.25, -0.2) is 9.67 Å². The molecule has 116 valence electrons. The average molecular weight is 316 g/mol.